The molecule has 0 amide bonds. The van der Waals surface area contributed by atoms with Crippen LogP contribution in [0.2, 0.25) is 0 Å². The van der Waals surface area contributed by atoms with Crippen molar-refractivity contribution in [3.63, 3.8) is 0 Å². The zero-order chi connectivity index (χ0) is 15.6. The molecular formula is C22H27N. The van der Waals surface area contributed by atoms with Gasteiger partial charge in [0, 0.05) is 6.04 Å². The van der Waals surface area contributed by atoms with E-state index in [1.807, 2.05) is 0 Å². The second kappa shape index (κ2) is 6.49. The Bertz CT molecular complexity index is 631. The minimum Gasteiger partial charge on any atom is -0.301 e. The quantitative estimate of drug-likeness (QED) is 0.721. The van der Waals surface area contributed by atoms with Crippen LogP contribution in [0.5, 0.6) is 0 Å². The van der Waals surface area contributed by atoms with Crippen LogP contribution in [0, 0.1) is 5.92 Å². The molecule has 23 heavy (non-hydrogen) atoms. The lowest BCUT2D eigenvalue weighted by Gasteiger charge is -2.20. The van der Waals surface area contributed by atoms with Gasteiger partial charge in [-0.1, -0.05) is 54.6 Å². The highest BCUT2D eigenvalue weighted by molar-refractivity contribution is 5.63. The SMILES string of the molecule is C[C@@H]1CCCN1CC[C@@H]1C[C@H]1c1ccc(-c2ccccc2)cc1. The van der Waals surface area contributed by atoms with Crippen molar-refractivity contribution in [3.05, 3.63) is 60.2 Å². The van der Waals surface area contributed by atoms with Crippen molar-refractivity contribution < 1.29 is 0 Å². The summed E-state index contributed by atoms with van der Waals surface area (Å²) in [5, 5.41) is 0. The molecule has 1 aliphatic carbocycles. The van der Waals surface area contributed by atoms with Gasteiger partial charge >= 0.3 is 0 Å². The molecule has 2 aromatic rings. The standard InChI is InChI=1S/C22H27N/c1-17-6-5-14-23(17)15-13-21-16-22(21)20-11-9-19(10-12-20)18-7-3-2-4-8-18/h2-4,7-12,17,21-22H,5-6,13-16H2,1H3/t17-,21-,22+/m1/s1. The molecule has 1 heteroatoms. The molecular weight excluding hydrogens is 278 g/mol. The summed E-state index contributed by atoms with van der Waals surface area (Å²) in [6.07, 6.45) is 5.58. The summed E-state index contributed by atoms with van der Waals surface area (Å²) < 4.78 is 0. The topological polar surface area (TPSA) is 3.24 Å². The lowest BCUT2D eigenvalue weighted by Crippen LogP contribution is -2.28. The molecule has 0 bridgehead atoms. The average Bonchev–Trinajstić information content (AvgIpc) is 3.27. The number of likely N-dealkylation sites (tertiary alicyclic amines) is 1. The first kappa shape index (κ1) is 15.0. The summed E-state index contributed by atoms with van der Waals surface area (Å²) in [5.41, 5.74) is 4.19. The number of nitrogens with zero attached hydrogens (tertiary/aromatic N) is 1. The van der Waals surface area contributed by atoms with Gasteiger partial charge in [0.25, 0.3) is 0 Å². The molecule has 2 aromatic carbocycles. The zero-order valence-electron chi connectivity index (χ0n) is 14.1. The van der Waals surface area contributed by atoms with Crippen molar-refractivity contribution >= 4 is 0 Å². The van der Waals surface area contributed by atoms with E-state index in [4.69, 9.17) is 0 Å². The summed E-state index contributed by atoms with van der Waals surface area (Å²) >= 11 is 0. The molecule has 0 spiro atoms. The van der Waals surface area contributed by atoms with E-state index in [0.29, 0.717) is 0 Å². The van der Waals surface area contributed by atoms with Gasteiger partial charge in [0.15, 0.2) is 0 Å². The minimum atomic E-state index is 0.817. The van der Waals surface area contributed by atoms with Crippen LogP contribution in [-0.2, 0) is 0 Å². The third kappa shape index (κ3) is 3.35. The fourth-order valence-electron chi connectivity index (χ4n) is 4.18. The second-order valence-corrected chi connectivity index (χ2v) is 7.41. The van der Waals surface area contributed by atoms with Crippen molar-refractivity contribution in [3.8, 4) is 11.1 Å². The van der Waals surface area contributed by atoms with Crippen LogP contribution >= 0.6 is 0 Å². The summed E-state index contributed by atoms with van der Waals surface area (Å²) in [4.78, 5) is 2.69. The maximum absolute atomic E-state index is 2.69. The van der Waals surface area contributed by atoms with Gasteiger partial charge in [-0.3, -0.25) is 0 Å². The monoisotopic (exact) mass is 305 g/mol. The number of rotatable bonds is 5. The van der Waals surface area contributed by atoms with E-state index >= 15 is 0 Å². The Labute approximate surface area is 140 Å². The van der Waals surface area contributed by atoms with E-state index in [-0.39, 0.29) is 0 Å². The highest BCUT2D eigenvalue weighted by atomic mass is 15.2. The first-order valence-electron chi connectivity index (χ1n) is 9.21. The Morgan fingerprint density at radius 2 is 1.70 bits per heavy atom. The van der Waals surface area contributed by atoms with Crippen LogP contribution in [-0.4, -0.2) is 24.0 Å². The highest BCUT2D eigenvalue weighted by Crippen LogP contribution is 2.49. The molecule has 4 rings (SSSR count). The summed E-state index contributed by atoms with van der Waals surface area (Å²) in [5.74, 6) is 1.74. The third-order valence-corrected chi connectivity index (χ3v) is 5.85. The fraction of sp³-hybridized carbons (Fsp3) is 0.455. The molecule has 2 fully saturated rings. The summed E-state index contributed by atoms with van der Waals surface area (Å²) in [6.45, 7) is 5.02. The van der Waals surface area contributed by atoms with E-state index in [0.717, 1.165) is 17.9 Å². The molecule has 1 saturated carbocycles. The molecule has 0 aromatic heterocycles. The van der Waals surface area contributed by atoms with Crippen molar-refractivity contribution in [1.82, 2.24) is 4.90 Å². The molecule has 1 aliphatic heterocycles. The van der Waals surface area contributed by atoms with Crippen molar-refractivity contribution in [1.29, 1.82) is 0 Å². The molecule has 1 saturated heterocycles. The van der Waals surface area contributed by atoms with Crippen LogP contribution in [0.25, 0.3) is 11.1 Å². The first-order chi connectivity index (χ1) is 11.3. The van der Waals surface area contributed by atoms with Gasteiger partial charge in [0.05, 0.1) is 0 Å². The Kier molecular flexibility index (Phi) is 4.22. The van der Waals surface area contributed by atoms with Crippen LogP contribution in [0.3, 0.4) is 0 Å². The Morgan fingerprint density at radius 3 is 2.39 bits per heavy atom. The maximum Gasteiger partial charge on any atom is 0.00674 e. The Hall–Kier alpha value is -1.60. The van der Waals surface area contributed by atoms with Gasteiger partial charge in [-0.05, 0) is 74.2 Å². The molecule has 0 radical (unpaired) electrons. The molecule has 1 heterocycles. The lowest BCUT2D eigenvalue weighted by atomic mass is 10.0. The van der Waals surface area contributed by atoms with Crippen molar-refractivity contribution in [2.45, 2.75) is 44.6 Å². The number of hydrogen-bond donors (Lipinski definition) is 0. The molecule has 2 aliphatic rings. The normalized spacial score (nSPS) is 27.3. The van der Waals surface area contributed by atoms with Crippen LogP contribution in [0.4, 0.5) is 0 Å². The van der Waals surface area contributed by atoms with Crippen LogP contribution < -0.4 is 0 Å². The summed E-state index contributed by atoms with van der Waals surface area (Å²) in [7, 11) is 0. The molecule has 120 valence electrons. The van der Waals surface area contributed by atoms with Crippen LogP contribution in [0.1, 0.15) is 44.1 Å². The first-order valence-corrected chi connectivity index (χ1v) is 9.21. The predicted octanol–water partition coefficient (Wildman–Crippen LogP) is 5.33. The lowest BCUT2D eigenvalue weighted by molar-refractivity contribution is 0.260. The number of benzene rings is 2. The van der Waals surface area contributed by atoms with Gasteiger partial charge in [0.2, 0.25) is 0 Å². The molecule has 0 unspecified atom stereocenters. The van der Waals surface area contributed by atoms with E-state index in [1.165, 1.54) is 49.9 Å². The van der Waals surface area contributed by atoms with Crippen LogP contribution in [0.15, 0.2) is 54.6 Å². The Balaban J connectivity index is 1.33. The van der Waals surface area contributed by atoms with Gasteiger partial charge in [0.1, 0.15) is 0 Å². The number of hydrogen-bond acceptors (Lipinski definition) is 1. The molecule has 0 N–H and O–H groups in total. The largest absolute Gasteiger partial charge is 0.301 e. The maximum atomic E-state index is 2.69. The van der Waals surface area contributed by atoms with E-state index in [9.17, 15) is 0 Å². The highest BCUT2D eigenvalue weighted by Gasteiger charge is 2.38. The summed E-state index contributed by atoms with van der Waals surface area (Å²) in [6, 6.07) is 20.8. The molecule has 3 atom stereocenters. The predicted molar refractivity (Wildman–Crippen MR) is 97.6 cm³/mol. The van der Waals surface area contributed by atoms with Crippen molar-refractivity contribution in [2.24, 2.45) is 5.92 Å². The smallest absolute Gasteiger partial charge is 0.00674 e. The third-order valence-electron chi connectivity index (χ3n) is 5.85. The zero-order valence-corrected chi connectivity index (χ0v) is 14.1. The fourth-order valence-corrected chi connectivity index (χ4v) is 4.18. The van der Waals surface area contributed by atoms with Gasteiger partial charge in [-0.25, -0.2) is 0 Å². The second-order valence-electron chi connectivity index (χ2n) is 7.41. The van der Waals surface area contributed by atoms with E-state index in [2.05, 4.69) is 66.4 Å². The minimum absolute atomic E-state index is 0.817. The van der Waals surface area contributed by atoms with Crippen molar-refractivity contribution in [2.75, 3.05) is 13.1 Å². The van der Waals surface area contributed by atoms with E-state index in [1.54, 1.807) is 5.56 Å². The van der Waals surface area contributed by atoms with E-state index < -0.39 is 0 Å². The molecule has 1 nitrogen and oxygen atoms in total. The van der Waals surface area contributed by atoms with Gasteiger partial charge in [-0.2, -0.15) is 0 Å². The van der Waals surface area contributed by atoms with Gasteiger partial charge < -0.3 is 4.90 Å². The van der Waals surface area contributed by atoms with Gasteiger partial charge in [-0.15, -0.1) is 0 Å². The average molecular weight is 305 g/mol. The Morgan fingerprint density at radius 1 is 0.957 bits per heavy atom.